The van der Waals surface area contributed by atoms with Gasteiger partial charge in [-0.15, -0.1) is 0 Å². The van der Waals surface area contributed by atoms with Crippen LogP contribution in [0.5, 0.6) is 0 Å². The lowest BCUT2D eigenvalue weighted by atomic mass is 10.0. The van der Waals surface area contributed by atoms with E-state index in [2.05, 4.69) is 42.2 Å². The summed E-state index contributed by atoms with van der Waals surface area (Å²) in [7, 11) is 0. The molecule has 2 aromatic heterocycles. The first kappa shape index (κ1) is 28.4. The molecule has 0 radical (unpaired) electrons. The van der Waals surface area contributed by atoms with Crippen LogP contribution in [0.15, 0.2) is 58.9 Å². The normalized spacial score (nSPS) is 15.4. The lowest BCUT2D eigenvalue weighted by Gasteiger charge is -2.38. The van der Waals surface area contributed by atoms with E-state index in [1.165, 1.54) is 0 Å². The summed E-state index contributed by atoms with van der Waals surface area (Å²) in [6.45, 7) is 10.7. The first-order valence-electron chi connectivity index (χ1n) is 14.6. The van der Waals surface area contributed by atoms with E-state index in [1.807, 2.05) is 43.5 Å². The molecule has 9 nitrogen and oxygen atoms in total. The number of carboxylic acid groups (broad SMARTS) is 1. The monoisotopic (exact) mass is 556 g/mol. The van der Waals surface area contributed by atoms with Gasteiger partial charge in [0.15, 0.2) is 11.2 Å². The minimum Gasteiger partial charge on any atom is -0.465 e. The molecule has 1 aliphatic rings. The zero-order valence-corrected chi connectivity index (χ0v) is 24.5. The number of hydrogen-bond donors (Lipinski definition) is 1. The highest BCUT2D eigenvalue weighted by atomic mass is 16.4. The number of amides is 1. The van der Waals surface area contributed by atoms with Gasteiger partial charge in [-0.2, -0.15) is 4.98 Å². The number of benzene rings is 2. The molecule has 2 aromatic carbocycles. The maximum atomic E-state index is 14.2. The molecule has 0 saturated carbocycles. The van der Waals surface area contributed by atoms with Gasteiger partial charge in [0.2, 0.25) is 5.95 Å². The van der Waals surface area contributed by atoms with Crippen molar-refractivity contribution in [3.05, 3.63) is 75.9 Å². The summed E-state index contributed by atoms with van der Waals surface area (Å²) in [4.78, 5) is 39.7. The summed E-state index contributed by atoms with van der Waals surface area (Å²) in [5.41, 5.74) is 2.99. The summed E-state index contributed by atoms with van der Waals surface area (Å²) in [6, 6.07) is 14.2. The summed E-state index contributed by atoms with van der Waals surface area (Å²) < 4.78 is 3.71. The van der Waals surface area contributed by atoms with Gasteiger partial charge in [0, 0.05) is 26.2 Å². The van der Waals surface area contributed by atoms with Crippen molar-refractivity contribution in [3.63, 3.8) is 0 Å². The zero-order valence-electron chi connectivity index (χ0n) is 24.5. The molecule has 216 valence electrons. The van der Waals surface area contributed by atoms with Crippen molar-refractivity contribution in [1.82, 2.24) is 24.0 Å². The van der Waals surface area contributed by atoms with Gasteiger partial charge in [0.25, 0.3) is 5.56 Å². The van der Waals surface area contributed by atoms with E-state index < -0.39 is 6.09 Å². The molecule has 5 rings (SSSR count). The molecule has 1 N–H and O–H groups in total. The Morgan fingerprint density at radius 2 is 1.90 bits per heavy atom. The summed E-state index contributed by atoms with van der Waals surface area (Å²) in [5.74, 6) is 1.29. The predicted octanol–water partition coefficient (Wildman–Crippen LogP) is 5.82. The number of anilines is 1. The number of aromatic nitrogens is 4. The molecule has 3 heterocycles. The highest BCUT2D eigenvalue weighted by Crippen LogP contribution is 2.26. The molecule has 0 bridgehead atoms. The van der Waals surface area contributed by atoms with Gasteiger partial charge >= 0.3 is 6.09 Å². The van der Waals surface area contributed by atoms with Crippen LogP contribution in [0.25, 0.3) is 21.9 Å². The van der Waals surface area contributed by atoms with Gasteiger partial charge in [0.1, 0.15) is 5.82 Å². The van der Waals surface area contributed by atoms with Gasteiger partial charge in [-0.05, 0) is 56.4 Å². The van der Waals surface area contributed by atoms with Crippen LogP contribution in [0.2, 0.25) is 0 Å². The van der Waals surface area contributed by atoms with Crippen molar-refractivity contribution in [2.45, 2.75) is 72.5 Å². The summed E-state index contributed by atoms with van der Waals surface area (Å²) >= 11 is 0. The van der Waals surface area contributed by atoms with Crippen molar-refractivity contribution < 1.29 is 9.90 Å². The van der Waals surface area contributed by atoms with Crippen LogP contribution in [0, 0.1) is 6.92 Å². The van der Waals surface area contributed by atoms with Crippen LogP contribution in [-0.4, -0.2) is 60.9 Å². The van der Waals surface area contributed by atoms with E-state index in [9.17, 15) is 14.7 Å². The van der Waals surface area contributed by atoms with E-state index >= 15 is 0 Å². The maximum Gasteiger partial charge on any atom is 0.407 e. The van der Waals surface area contributed by atoms with E-state index in [0.717, 1.165) is 54.1 Å². The standard InChI is InChI=1S/C32H40N6O3/c1-5-6-18-36(32(40)41)26-14-10-17-35(21-26)31-34-29-28(37(31)19-16-22(2)3)30(39)38(23(4)33-29)20-25-13-9-12-24-11-7-8-15-27(24)25/h7-9,11-13,15-16,26H,5-6,10,14,17-21H2,1-4H3,(H,40,41). The zero-order chi connectivity index (χ0) is 29.1. The Balaban J connectivity index is 1.58. The number of unbranched alkanes of at least 4 members (excludes halogenated alkanes) is 1. The number of carbonyl (C=O) groups is 1. The average Bonchev–Trinajstić information content (AvgIpc) is 3.32. The molecule has 1 unspecified atom stereocenters. The Labute approximate surface area is 240 Å². The predicted molar refractivity (Wildman–Crippen MR) is 164 cm³/mol. The third-order valence-electron chi connectivity index (χ3n) is 8.04. The van der Waals surface area contributed by atoms with Gasteiger partial charge in [-0.3, -0.25) is 9.36 Å². The SMILES string of the molecule is CCCCN(C(=O)O)C1CCCN(c2nc3nc(C)n(Cc4cccc5ccccc45)c(=O)c3n2CC=C(C)C)C1. The molecule has 1 saturated heterocycles. The minimum atomic E-state index is -0.878. The van der Waals surface area contributed by atoms with Crippen molar-refractivity contribution in [3.8, 4) is 0 Å². The fraction of sp³-hybridized carbons (Fsp3) is 0.438. The second-order valence-corrected chi connectivity index (χ2v) is 11.2. The highest BCUT2D eigenvalue weighted by molar-refractivity contribution is 5.85. The first-order valence-corrected chi connectivity index (χ1v) is 14.6. The van der Waals surface area contributed by atoms with E-state index in [0.29, 0.717) is 49.1 Å². The van der Waals surface area contributed by atoms with E-state index in [-0.39, 0.29) is 11.6 Å². The summed E-state index contributed by atoms with van der Waals surface area (Å²) in [6.07, 6.45) is 4.65. The van der Waals surface area contributed by atoms with Crippen molar-refractivity contribution >= 4 is 34.0 Å². The average molecular weight is 557 g/mol. The number of allylic oxidation sites excluding steroid dienone is 2. The van der Waals surface area contributed by atoms with Crippen LogP contribution < -0.4 is 10.5 Å². The minimum absolute atomic E-state index is 0.120. The fourth-order valence-corrected chi connectivity index (χ4v) is 5.83. The van der Waals surface area contributed by atoms with Crippen LogP contribution in [0.4, 0.5) is 10.7 Å². The molecule has 0 spiro atoms. The van der Waals surface area contributed by atoms with Crippen molar-refractivity contribution in [1.29, 1.82) is 0 Å². The molecule has 1 aliphatic heterocycles. The first-order chi connectivity index (χ1) is 19.8. The Bertz CT molecular complexity index is 1640. The van der Waals surface area contributed by atoms with Crippen LogP contribution in [0.1, 0.15) is 57.8 Å². The Morgan fingerprint density at radius 3 is 2.66 bits per heavy atom. The van der Waals surface area contributed by atoms with E-state index in [4.69, 9.17) is 9.97 Å². The van der Waals surface area contributed by atoms with Crippen LogP contribution in [0.3, 0.4) is 0 Å². The molecule has 9 heteroatoms. The molecule has 0 aliphatic carbocycles. The highest BCUT2D eigenvalue weighted by Gasteiger charge is 2.31. The Kier molecular flexibility index (Phi) is 8.42. The van der Waals surface area contributed by atoms with Crippen LogP contribution in [-0.2, 0) is 13.1 Å². The molecular formula is C32H40N6O3. The second-order valence-electron chi connectivity index (χ2n) is 11.2. The van der Waals surface area contributed by atoms with Gasteiger partial charge in [-0.25, -0.2) is 9.78 Å². The van der Waals surface area contributed by atoms with Crippen LogP contribution >= 0.6 is 0 Å². The number of imidazole rings is 1. The quantitative estimate of drug-likeness (QED) is 0.261. The second kappa shape index (κ2) is 12.2. The number of rotatable bonds is 9. The number of aryl methyl sites for hydroxylation is 1. The lowest BCUT2D eigenvalue weighted by Crippen LogP contribution is -2.50. The number of fused-ring (bicyclic) bond motifs is 2. The Hall–Kier alpha value is -4.14. The van der Waals surface area contributed by atoms with Gasteiger partial charge in [0.05, 0.1) is 12.6 Å². The largest absolute Gasteiger partial charge is 0.465 e. The Morgan fingerprint density at radius 1 is 1.12 bits per heavy atom. The van der Waals surface area contributed by atoms with E-state index in [1.54, 1.807) is 9.47 Å². The van der Waals surface area contributed by atoms with Crippen molar-refractivity contribution in [2.75, 3.05) is 24.5 Å². The number of hydrogen-bond acceptors (Lipinski definition) is 5. The molecule has 1 atom stereocenters. The third-order valence-corrected chi connectivity index (χ3v) is 8.04. The topological polar surface area (TPSA) is 96.5 Å². The van der Waals surface area contributed by atoms with Gasteiger partial charge < -0.3 is 19.5 Å². The molecule has 4 aromatic rings. The van der Waals surface area contributed by atoms with Gasteiger partial charge in [-0.1, -0.05) is 67.5 Å². The third kappa shape index (κ3) is 5.85. The molecular weight excluding hydrogens is 516 g/mol. The lowest BCUT2D eigenvalue weighted by molar-refractivity contribution is 0.117. The smallest absolute Gasteiger partial charge is 0.407 e. The molecule has 1 fully saturated rings. The van der Waals surface area contributed by atoms with Crippen molar-refractivity contribution in [2.24, 2.45) is 0 Å². The number of piperidine rings is 1. The fourth-order valence-electron chi connectivity index (χ4n) is 5.83. The molecule has 41 heavy (non-hydrogen) atoms. The number of nitrogens with zero attached hydrogens (tertiary/aromatic N) is 6. The maximum absolute atomic E-state index is 14.2. The molecule has 1 amide bonds. The summed E-state index contributed by atoms with van der Waals surface area (Å²) in [5, 5.41) is 12.2.